The summed E-state index contributed by atoms with van der Waals surface area (Å²) in [6.45, 7) is 5.31. The molecule has 9 nitrogen and oxygen atoms in total. The average Bonchev–Trinajstić information content (AvgIpc) is 3.39. The number of hydrogen-bond donors (Lipinski definition) is 0. The average molecular weight is 511 g/mol. The Morgan fingerprint density at radius 2 is 2.06 bits per heavy atom. The van der Waals surface area contributed by atoms with Gasteiger partial charge in [0.25, 0.3) is 5.91 Å². The second kappa shape index (κ2) is 7.98. The molecule has 6 rings (SSSR count). The van der Waals surface area contributed by atoms with Gasteiger partial charge in [-0.15, -0.1) is 5.10 Å². The number of fused-ring (bicyclic) bond motifs is 5. The fourth-order valence-electron chi connectivity index (χ4n) is 4.90. The zero-order valence-electron chi connectivity index (χ0n) is 18.1. The van der Waals surface area contributed by atoms with Crippen LogP contribution in [0.1, 0.15) is 34.6 Å². The third kappa shape index (κ3) is 3.23. The van der Waals surface area contributed by atoms with Crippen molar-refractivity contribution in [1.29, 1.82) is 0 Å². The van der Waals surface area contributed by atoms with Gasteiger partial charge in [0, 0.05) is 35.4 Å². The third-order valence-corrected chi connectivity index (χ3v) is 7.00. The van der Waals surface area contributed by atoms with Gasteiger partial charge in [0.2, 0.25) is 5.82 Å². The predicted octanol–water partition coefficient (Wildman–Crippen LogP) is 2.33. The molecule has 2 unspecified atom stereocenters. The highest BCUT2D eigenvalue weighted by molar-refractivity contribution is 9.10. The van der Waals surface area contributed by atoms with Crippen molar-refractivity contribution < 1.29 is 14.3 Å². The highest BCUT2D eigenvalue weighted by Gasteiger charge is 2.53. The van der Waals surface area contributed by atoms with E-state index in [-0.39, 0.29) is 17.8 Å². The molecule has 10 heteroatoms. The van der Waals surface area contributed by atoms with Gasteiger partial charge in [0.1, 0.15) is 5.82 Å². The van der Waals surface area contributed by atoms with Crippen LogP contribution in [-0.2, 0) is 21.7 Å². The molecule has 0 aliphatic carbocycles. The van der Waals surface area contributed by atoms with E-state index in [1.54, 1.807) is 15.8 Å². The van der Waals surface area contributed by atoms with Crippen molar-refractivity contribution in [2.75, 3.05) is 32.9 Å². The Morgan fingerprint density at radius 1 is 1.21 bits per heavy atom. The normalized spacial score (nSPS) is 24.7. The van der Waals surface area contributed by atoms with Gasteiger partial charge < -0.3 is 14.4 Å². The van der Waals surface area contributed by atoms with E-state index in [9.17, 15) is 4.79 Å². The number of nitrogens with zero attached hydrogens (tertiary/aromatic N) is 6. The van der Waals surface area contributed by atoms with Crippen LogP contribution in [0.3, 0.4) is 0 Å². The second-order valence-corrected chi connectivity index (χ2v) is 9.39. The number of benzene rings is 1. The zero-order valence-corrected chi connectivity index (χ0v) is 19.7. The highest BCUT2D eigenvalue weighted by Crippen LogP contribution is 2.47. The van der Waals surface area contributed by atoms with Gasteiger partial charge in [-0.2, -0.15) is 0 Å². The molecule has 2 aromatic heterocycles. The number of ether oxygens (including phenoxy) is 2. The molecule has 2 fully saturated rings. The first kappa shape index (κ1) is 20.9. The zero-order chi connectivity index (χ0) is 22.6. The summed E-state index contributed by atoms with van der Waals surface area (Å²) in [5.41, 5.74) is 1.67. The van der Waals surface area contributed by atoms with Crippen molar-refractivity contribution in [2.24, 2.45) is 0 Å². The minimum absolute atomic E-state index is 0.112. The van der Waals surface area contributed by atoms with Gasteiger partial charge in [-0.05, 0) is 37.3 Å². The molecule has 3 aromatic rings. The molecule has 33 heavy (non-hydrogen) atoms. The highest BCUT2D eigenvalue weighted by atomic mass is 79.9. The van der Waals surface area contributed by atoms with Gasteiger partial charge in [-0.3, -0.25) is 14.7 Å². The fourth-order valence-corrected chi connectivity index (χ4v) is 5.26. The van der Waals surface area contributed by atoms with Crippen molar-refractivity contribution in [1.82, 2.24) is 29.5 Å². The molecule has 5 heterocycles. The van der Waals surface area contributed by atoms with Gasteiger partial charge in [-0.1, -0.05) is 22.0 Å². The van der Waals surface area contributed by atoms with Crippen LogP contribution in [0.15, 0.2) is 47.1 Å². The Kier molecular flexibility index (Phi) is 5.06. The number of pyridine rings is 1. The van der Waals surface area contributed by atoms with E-state index in [1.165, 1.54) is 0 Å². The van der Waals surface area contributed by atoms with Gasteiger partial charge in [0.05, 0.1) is 37.7 Å². The summed E-state index contributed by atoms with van der Waals surface area (Å²) in [4.78, 5) is 26.5. The SMILES string of the molecule is CC1COC2(c3ccccn3)c3cc(Br)ccc3-n3nc(C(=O)N4CCOCC4)nc3CN12. The molecule has 0 radical (unpaired) electrons. The Balaban J connectivity index is 1.53. The second-order valence-electron chi connectivity index (χ2n) is 8.48. The van der Waals surface area contributed by atoms with E-state index < -0.39 is 5.72 Å². The molecule has 2 atom stereocenters. The molecule has 3 aliphatic rings. The van der Waals surface area contributed by atoms with Crippen LogP contribution in [0, 0.1) is 0 Å². The molecule has 0 bridgehead atoms. The van der Waals surface area contributed by atoms with Gasteiger partial charge in [0.15, 0.2) is 5.72 Å². The molecule has 0 N–H and O–H groups in total. The predicted molar refractivity (Wildman–Crippen MR) is 122 cm³/mol. The van der Waals surface area contributed by atoms with Crippen molar-refractivity contribution in [2.45, 2.75) is 25.2 Å². The van der Waals surface area contributed by atoms with Crippen molar-refractivity contribution in [3.05, 3.63) is 70.0 Å². The van der Waals surface area contributed by atoms with Gasteiger partial charge in [-0.25, -0.2) is 9.67 Å². The summed E-state index contributed by atoms with van der Waals surface area (Å²) in [6, 6.07) is 12.0. The first-order valence-corrected chi connectivity index (χ1v) is 11.8. The minimum Gasteiger partial charge on any atom is -0.378 e. The fraction of sp³-hybridized carbons (Fsp3) is 0.391. The molecule has 0 spiro atoms. The molecule has 0 saturated carbocycles. The molecule has 170 valence electrons. The number of aromatic nitrogens is 4. The lowest BCUT2D eigenvalue weighted by molar-refractivity contribution is -0.0619. The molecule has 1 amide bonds. The maximum atomic E-state index is 13.1. The maximum absolute atomic E-state index is 13.1. The lowest BCUT2D eigenvalue weighted by Gasteiger charge is -2.37. The maximum Gasteiger partial charge on any atom is 0.293 e. The van der Waals surface area contributed by atoms with E-state index in [1.807, 2.05) is 30.3 Å². The number of halogens is 1. The van der Waals surface area contributed by atoms with Crippen LogP contribution in [0.4, 0.5) is 0 Å². The van der Waals surface area contributed by atoms with Crippen molar-refractivity contribution in [3.63, 3.8) is 0 Å². The first-order valence-electron chi connectivity index (χ1n) is 11.0. The van der Waals surface area contributed by atoms with Crippen molar-refractivity contribution >= 4 is 21.8 Å². The number of amides is 1. The minimum atomic E-state index is -0.878. The Hall–Kier alpha value is -2.66. The molecule has 3 aliphatic heterocycles. The topological polar surface area (TPSA) is 85.6 Å². The molecular weight excluding hydrogens is 488 g/mol. The van der Waals surface area contributed by atoms with Crippen LogP contribution in [0.5, 0.6) is 0 Å². The number of carbonyl (C=O) groups is 1. The number of carbonyl (C=O) groups excluding carboxylic acids is 1. The monoisotopic (exact) mass is 510 g/mol. The molecular formula is C23H23BrN6O3. The number of hydrogen-bond acceptors (Lipinski definition) is 7. The van der Waals surface area contributed by atoms with E-state index in [0.717, 1.165) is 21.4 Å². The van der Waals surface area contributed by atoms with Crippen LogP contribution >= 0.6 is 15.9 Å². The summed E-state index contributed by atoms with van der Waals surface area (Å²) in [6.07, 6.45) is 1.78. The van der Waals surface area contributed by atoms with E-state index >= 15 is 0 Å². The standard InChI is InChI=1S/C23H23BrN6O3/c1-15-14-33-23(19-4-2-3-7-25-19)17-12-16(24)5-6-18(17)30-20(13-29(15)23)26-21(27-30)22(31)28-8-10-32-11-9-28/h2-7,12,15H,8-11,13-14H2,1H3. The van der Waals surface area contributed by atoms with Crippen molar-refractivity contribution in [3.8, 4) is 5.69 Å². The van der Waals surface area contributed by atoms with Crippen LogP contribution < -0.4 is 0 Å². The Bertz CT molecular complexity index is 1210. The van der Waals surface area contributed by atoms with E-state index in [0.29, 0.717) is 45.3 Å². The largest absolute Gasteiger partial charge is 0.378 e. The van der Waals surface area contributed by atoms with E-state index in [2.05, 4.69) is 43.9 Å². The lowest BCUT2D eigenvalue weighted by atomic mass is 9.95. The summed E-state index contributed by atoms with van der Waals surface area (Å²) in [5.74, 6) is 0.739. The lowest BCUT2D eigenvalue weighted by Crippen LogP contribution is -2.45. The van der Waals surface area contributed by atoms with Gasteiger partial charge >= 0.3 is 0 Å². The first-order chi connectivity index (χ1) is 16.1. The quantitative estimate of drug-likeness (QED) is 0.522. The Labute approximate surface area is 199 Å². The summed E-state index contributed by atoms with van der Waals surface area (Å²) in [5, 5.41) is 4.69. The van der Waals surface area contributed by atoms with Crippen LogP contribution in [0.25, 0.3) is 5.69 Å². The summed E-state index contributed by atoms with van der Waals surface area (Å²) in [7, 11) is 0. The van der Waals surface area contributed by atoms with Crippen LogP contribution in [-0.4, -0.2) is 74.4 Å². The van der Waals surface area contributed by atoms with E-state index in [4.69, 9.17) is 14.5 Å². The van der Waals surface area contributed by atoms with Crippen LogP contribution in [0.2, 0.25) is 0 Å². The number of morpholine rings is 1. The molecule has 2 saturated heterocycles. The smallest absolute Gasteiger partial charge is 0.293 e. The summed E-state index contributed by atoms with van der Waals surface area (Å²) >= 11 is 3.63. The Morgan fingerprint density at radius 3 is 2.85 bits per heavy atom. The molecule has 1 aromatic carbocycles. The third-order valence-electron chi connectivity index (χ3n) is 6.51. The number of rotatable bonds is 2. The summed E-state index contributed by atoms with van der Waals surface area (Å²) < 4.78 is 14.7.